The summed E-state index contributed by atoms with van der Waals surface area (Å²) in [4.78, 5) is 4.09. The SMILES string of the molecule is CC(N[C@H](CCO)c1ccccc1)c1ccc(F)cn1. The van der Waals surface area contributed by atoms with E-state index in [4.69, 9.17) is 0 Å². The highest BCUT2D eigenvalue weighted by Crippen LogP contribution is 2.21. The number of aromatic nitrogens is 1. The number of hydrogen-bond donors (Lipinski definition) is 2. The van der Waals surface area contributed by atoms with Crippen molar-refractivity contribution in [3.63, 3.8) is 0 Å². The first-order chi connectivity index (χ1) is 9.70. The van der Waals surface area contributed by atoms with Gasteiger partial charge >= 0.3 is 0 Å². The number of nitrogens with one attached hydrogen (secondary N) is 1. The fraction of sp³-hybridized carbons (Fsp3) is 0.312. The molecule has 0 fully saturated rings. The molecular weight excluding hydrogens is 255 g/mol. The Balaban J connectivity index is 2.10. The van der Waals surface area contributed by atoms with E-state index in [9.17, 15) is 9.50 Å². The van der Waals surface area contributed by atoms with Gasteiger partial charge in [0.05, 0.1) is 11.9 Å². The molecule has 0 aliphatic rings. The largest absolute Gasteiger partial charge is 0.396 e. The number of benzene rings is 1. The summed E-state index contributed by atoms with van der Waals surface area (Å²) in [7, 11) is 0. The van der Waals surface area contributed by atoms with Crippen LogP contribution in [0.4, 0.5) is 4.39 Å². The maximum Gasteiger partial charge on any atom is 0.141 e. The summed E-state index contributed by atoms with van der Waals surface area (Å²) < 4.78 is 12.9. The number of halogens is 1. The first kappa shape index (κ1) is 14.6. The van der Waals surface area contributed by atoms with Gasteiger partial charge in [-0.25, -0.2) is 4.39 Å². The molecule has 2 rings (SSSR count). The number of pyridine rings is 1. The van der Waals surface area contributed by atoms with Crippen molar-refractivity contribution in [2.24, 2.45) is 0 Å². The minimum atomic E-state index is -0.337. The summed E-state index contributed by atoms with van der Waals surface area (Å²) in [6.45, 7) is 2.09. The van der Waals surface area contributed by atoms with Gasteiger partial charge in [-0.05, 0) is 31.0 Å². The quantitative estimate of drug-likeness (QED) is 0.851. The molecule has 0 aliphatic carbocycles. The number of hydrogen-bond acceptors (Lipinski definition) is 3. The average molecular weight is 274 g/mol. The van der Waals surface area contributed by atoms with Crippen LogP contribution in [0, 0.1) is 5.82 Å². The number of rotatable bonds is 6. The van der Waals surface area contributed by atoms with Crippen molar-refractivity contribution in [3.05, 3.63) is 65.7 Å². The summed E-state index contributed by atoms with van der Waals surface area (Å²) in [5.74, 6) is -0.337. The van der Waals surface area contributed by atoms with Gasteiger partial charge in [-0.2, -0.15) is 0 Å². The molecule has 1 unspecified atom stereocenters. The molecule has 2 atom stereocenters. The van der Waals surface area contributed by atoms with Crippen molar-refractivity contribution in [2.75, 3.05) is 6.61 Å². The van der Waals surface area contributed by atoms with E-state index in [1.54, 1.807) is 6.07 Å². The van der Waals surface area contributed by atoms with Gasteiger partial charge in [0.25, 0.3) is 0 Å². The number of aliphatic hydroxyl groups is 1. The minimum absolute atomic E-state index is 0.0210. The lowest BCUT2D eigenvalue weighted by atomic mass is 10.0. The Morgan fingerprint density at radius 2 is 1.95 bits per heavy atom. The van der Waals surface area contributed by atoms with Crippen molar-refractivity contribution in [1.82, 2.24) is 10.3 Å². The maximum atomic E-state index is 12.9. The third-order valence-electron chi connectivity index (χ3n) is 3.26. The number of aliphatic hydroxyl groups excluding tert-OH is 1. The molecule has 0 aliphatic heterocycles. The van der Waals surface area contributed by atoms with Crippen LogP contribution in [0.15, 0.2) is 48.7 Å². The van der Waals surface area contributed by atoms with Gasteiger partial charge in [-0.1, -0.05) is 30.3 Å². The zero-order valence-electron chi connectivity index (χ0n) is 11.5. The Hall–Kier alpha value is -1.78. The summed E-state index contributed by atoms with van der Waals surface area (Å²) in [5, 5.41) is 12.6. The fourth-order valence-electron chi connectivity index (χ4n) is 2.19. The Morgan fingerprint density at radius 1 is 1.20 bits per heavy atom. The van der Waals surface area contributed by atoms with Gasteiger partial charge in [0, 0.05) is 18.7 Å². The molecular formula is C16H19FN2O. The van der Waals surface area contributed by atoms with Gasteiger partial charge in [0.1, 0.15) is 5.82 Å². The molecule has 0 saturated heterocycles. The summed E-state index contributed by atoms with van der Waals surface area (Å²) >= 11 is 0. The lowest BCUT2D eigenvalue weighted by Crippen LogP contribution is -2.26. The van der Waals surface area contributed by atoms with Crippen molar-refractivity contribution in [3.8, 4) is 0 Å². The van der Waals surface area contributed by atoms with Gasteiger partial charge in [-0.3, -0.25) is 4.98 Å². The van der Waals surface area contributed by atoms with Crippen LogP contribution in [0.1, 0.15) is 36.7 Å². The van der Waals surface area contributed by atoms with Crippen LogP contribution in [0.3, 0.4) is 0 Å². The molecule has 2 N–H and O–H groups in total. The van der Waals surface area contributed by atoms with Gasteiger partial charge in [-0.15, -0.1) is 0 Å². The second-order valence-corrected chi connectivity index (χ2v) is 4.77. The van der Waals surface area contributed by atoms with Crippen LogP contribution >= 0.6 is 0 Å². The normalized spacial score (nSPS) is 13.9. The third-order valence-corrected chi connectivity index (χ3v) is 3.26. The molecule has 1 aromatic carbocycles. The van der Waals surface area contributed by atoms with E-state index in [1.165, 1.54) is 12.3 Å². The highest BCUT2D eigenvalue weighted by molar-refractivity contribution is 5.20. The van der Waals surface area contributed by atoms with Crippen LogP contribution in [0.25, 0.3) is 0 Å². The molecule has 0 bridgehead atoms. The average Bonchev–Trinajstić information content (AvgIpc) is 2.48. The zero-order valence-corrected chi connectivity index (χ0v) is 11.5. The van der Waals surface area contributed by atoms with Crippen LogP contribution in [-0.2, 0) is 0 Å². The standard InChI is InChI=1S/C16H19FN2O/c1-12(15-8-7-14(17)11-18-15)19-16(9-10-20)13-5-3-2-4-6-13/h2-8,11-12,16,19-20H,9-10H2,1H3/t12?,16-/m1/s1. The molecule has 1 heterocycles. The topological polar surface area (TPSA) is 45.1 Å². The molecule has 106 valence electrons. The smallest absolute Gasteiger partial charge is 0.141 e. The minimum Gasteiger partial charge on any atom is -0.396 e. The second-order valence-electron chi connectivity index (χ2n) is 4.77. The highest BCUT2D eigenvalue weighted by Gasteiger charge is 2.15. The molecule has 0 radical (unpaired) electrons. The predicted molar refractivity (Wildman–Crippen MR) is 76.6 cm³/mol. The molecule has 0 spiro atoms. The Morgan fingerprint density at radius 3 is 2.55 bits per heavy atom. The van der Waals surface area contributed by atoms with Crippen LogP contribution in [0.5, 0.6) is 0 Å². The molecule has 0 saturated carbocycles. The van der Waals surface area contributed by atoms with E-state index >= 15 is 0 Å². The molecule has 0 amide bonds. The van der Waals surface area contributed by atoms with Crippen LogP contribution in [0.2, 0.25) is 0 Å². The van der Waals surface area contributed by atoms with Crippen molar-refractivity contribution in [1.29, 1.82) is 0 Å². The zero-order chi connectivity index (χ0) is 14.4. The van der Waals surface area contributed by atoms with Crippen LogP contribution in [-0.4, -0.2) is 16.7 Å². The van der Waals surface area contributed by atoms with E-state index in [0.717, 1.165) is 11.3 Å². The Bertz CT molecular complexity index is 516. The molecule has 2 aromatic rings. The first-order valence-corrected chi connectivity index (χ1v) is 6.74. The third kappa shape index (κ3) is 3.85. The second kappa shape index (κ2) is 7.12. The summed E-state index contributed by atoms with van der Waals surface area (Å²) in [5.41, 5.74) is 1.90. The monoisotopic (exact) mass is 274 g/mol. The van der Waals surface area contributed by atoms with Crippen molar-refractivity contribution in [2.45, 2.75) is 25.4 Å². The van der Waals surface area contributed by atoms with Gasteiger partial charge < -0.3 is 10.4 Å². The predicted octanol–water partition coefficient (Wildman–Crippen LogP) is 3.00. The summed E-state index contributed by atoms with van der Waals surface area (Å²) in [6.07, 6.45) is 1.84. The fourth-order valence-corrected chi connectivity index (χ4v) is 2.19. The molecule has 4 heteroatoms. The van der Waals surface area contributed by atoms with E-state index in [2.05, 4.69) is 10.3 Å². The lowest BCUT2D eigenvalue weighted by Gasteiger charge is -2.23. The van der Waals surface area contributed by atoms with Gasteiger partial charge in [0.2, 0.25) is 0 Å². The van der Waals surface area contributed by atoms with E-state index in [-0.39, 0.29) is 24.5 Å². The Labute approximate surface area is 118 Å². The van der Waals surface area contributed by atoms with E-state index in [1.807, 2.05) is 37.3 Å². The van der Waals surface area contributed by atoms with Crippen molar-refractivity contribution >= 4 is 0 Å². The number of nitrogens with zero attached hydrogens (tertiary/aromatic N) is 1. The maximum absolute atomic E-state index is 12.9. The lowest BCUT2D eigenvalue weighted by molar-refractivity contribution is 0.260. The summed E-state index contributed by atoms with van der Waals surface area (Å²) in [6, 6.07) is 13.1. The highest BCUT2D eigenvalue weighted by atomic mass is 19.1. The molecule has 20 heavy (non-hydrogen) atoms. The van der Waals surface area contributed by atoms with E-state index in [0.29, 0.717) is 6.42 Å². The van der Waals surface area contributed by atoms with Crippen LogP contribution < -0.4 is 5.32 Å². The molecule has 3 nitrogen and oxygen atoms in total. The first-order valence-electron chi connectivity index (χ1n) is 6.74. The molecule has 1 aromatic heterocycles. The van der Waals surface area contributed by atoms with Gasteiger partial charge in [0.15, 0.2) is 0 Å². The Kier molecular flexibility index (Phi) is 5.21. The van der Waals surface area contributed by atoms with E-state index < -0.39 is 0 Å². The van der Waals surface area contributed by atoms with Crippen molar-refractivity contribution < 1.29 is 9.50 Å².